The normalized spacial score (nSPS) is 18.5. The average molecular weight is 557 g/mol. The third-order valence-corrected chi connectivity index (χ3v) is 6.96. The number of rotatable bonds is 6. The third-order valence-electron chi connectivity index (χ3n) is 6.96. The van der Waals surface area contributed by atoms with Gasteiger partial charge in [-0.2, -0.15) is 31.4 Å². The second-order valence-corrected chi connectivity index (χ2v) is 10.3. The molecule has 0 bridgehead atoms. The number of carbonyl (C=O) groups is 1. The Morgan fingerprint density at radius 2 is 1.87 bits per heavy atom. The van der Waals surface area contributed by atoms with E-state index in [4.69, 9.17) is 0 Å². The molecule has 2 N–H and O–H groups in total. The molecule has 0 aliphatic carbocycles. The number of halogens is 6. The van der Waals surface area contributed by atoms with Crippen LogP contribution in [0.3, 0.4) is 0 Å². The summed E-state index contributed by atoms with van der Waals surface area (Å²) in [5.41, 5.74) is -3.04. The minimum atomic E-state index is -4.86. The van der Waals surface area contributed by atoms with Crippen LogP contribution in [0.5, 0.6) is 0 Å². The maximum absolute atomic E-state index is 13.7. The molecule has 1 fully saturated rings. The molecule has 14 heteroatoms. The molecule has 0 aromatic carbocycles. The number of alkyl halides is 6. The Balaban J connectivity index is 1.59. The van der Waals surface area contributed by atoms with E-state index in [2.05, 4.69) is 20.4 Å². The Hall–Kier alpha value is -3.68. The predicted octanol–water partition coefficient (Wildman–Crippen LogP) is 5.16. The van der Waals surface area contributed by atoms with Crippen LogP contribution in [0.2, 0.25) is 0 Å². The quantitative estimate of drug-likeness (QED) is 0.408. The topological polar surface area (TPSA) is 96.2 Å². The van der Waals surface area contributed by atoms with Crippen LogP contribution in [0.4, 0.5) is 37.7 Å². The van der Waals surface area contributed by atoms with E-state index in [1.807, 2.05) is 6.92 Å². The Morgan fingerprint density at radius 3 is 2.49 bits per heavy atom. The summed E-state index contributed by atoms with van der Waals surface area (Å²) in [4.78, 5) is 22.4. The Morgan fingerprint density at radius 1 is 1.15 bits per heavy atom. The molecule has 1 aliphatic heterocycles. The highest BCUT2D eigenvalue weighted by Crippen LogP contribution is 2.43. The monoisotopic (exact) mass is 556 g/mol. The van der Waals surface area contributed by atoms with Crippen LogP contribution in [-0.2, 0) is 12.7 Å². The molecule has 1 aliphatic rings. The van der Waals surface area contributed by atoms with Gasteiger partial charge < -0.3 is 15.3 Å². The zero-order valence-electron chi connectivity index (χ0n) is 21.2. The first kappa shape index (κ1) is 28.3. The number of nitrogens with zero attached hydrogens (tertiary/aromatic N) is 5. The van der Waals surface area contributed by atoms with Crippen LogP contribution < -0.4 is 10.2 Å². The fourth-order valence-electron chi connectivity index (χ4n) is 4.30. The summed E-state index contributed by atoms with van der Waals surface area (Å²) in [5, 5.41) is 16.4. The van der Waals surface area contributed by atoms with Gasteiger partial charge >= 0.3 is 12.4 Å². The van der Waals surface area contributed by atoms with Crippen molar-refractivity contribution in [1.29, 1.82) is 0 Å². The highest BCUT2D eigenvalue weighted by atomic mass is 19.4. The lowest BCUT2D eigenvalue weighted by atomic mass is 9.75. The average Bonchev–Trinajstić information content (AvgIpc) is 3.44. The van der Waals surface area contributed by atoms with Crippen molar-refractivity contribution < 1.29 is 36.2 Å². The van der Waals surface area contributed by atoms with Crippen molar-refractivity contribution in [3.05, 3.63) is 54.2 Å². The smallest absolute Gasteiger partial charge is 0.390 e. The number of anilines is 2. The zero-order chi connectivity index (χ0) is 28.8. The van der Waals surface area contributed by atoms with Crippen molar-refractivity contribution in [3.63, 3.8) is 0 Å². The molecule has 1 saturated heterocycles. The van der Waals surface area contributed by atoms with Crippen LogP contribution in [-0.4, -0.2) is 55.6 Å². The van der Waals surface area contributed by atoms with Crippen LogP contribution >= 0.6 is 0 Å². The number of hydrogen-bond acceptors (Lipinski definition) is 6. The lowest BCUT2D eigenvalue weighted by Gasteiger charge is -2.37. The molecule has 3 aromatic rings. The molecule has 8 nitrogen and oxygen atoms in total. The molecule has 1 unspecified atom stereocenters. The van der Waals surface area contributed by atoms with E-state index in [0.29, 0.717) is 29.9 Å². The van der Waals surface area contributed by atoms with Crippen molar-refractivity contribution in [3.8, 4) is 11.3 Å². The standard InChI is InChI=1S/C25H26F6N6O2/c1-22(2,39)23(3)7-8-36(13-23)16-9-19(20(32-11-16)25(29,30)31)35-21(38)18-6-4-5-17(34-18)15-10-33-37(12-15)14-24(26,27)28/h4-6,9-12,39H,7-8,13-14H2,1-3H3,(H,35,38). The maximum atomic E-state index is 13.7. The lowest BCUT2D eigenvalue weighted by Crippen LogP contribution is -2.43. The van der Waals surface area contributed by atoms with Gasteiger partial charge in [0.25, 0.3) is 5.91 Å². The number of carbonyl (C=O) groups excluding carboxylic acids is 1. The number of pyridine rings is 2. The van der Waals surface area contributed by atoms with Crippen molar-refractivity contribution in [1.82, 2.24) is 19.7 Å². The number of nitrogens with one attached hydrogen (secondary N) is 1. The fourth-order valence-corrected chi connectivity index (χ4v) is 4.30. The van der Waals surface area contributed by atoms with Crippen molar-refractivity contribution in [2.75, 3.05) is 23.3 Å². The van der Waals surface area contributed by atoms with Crippen LogP contribution in [0.25, 0.3) is 11.3 Å². The summed E-state index contributed by atoms with van der Waals surface area (Å²) in [6.45, 7) is 4.75. The van der Waals surface area contributed by atoms with Gasteiger partial charge in [-0.15, -0.1) is 0 Å². The van der Waals surface area contributed by atoms with Crippen molar-refractivity contribution in [2.24, 2.45) is 5.41 Å². The molecule has 1 atom stereocenters. The van der Waals surface area contributed by atoms with Gasteiger partial charge in [-0.25, -0.2) is 9.97 Å². The van der Waals surface area contributed by atoms with E-state index in [-0.39, 0.29) is 17.0 Å². The second-order valence-electron chi connectivity index (χ2n) is 10.3. The Labute approximate surface area is 219 Å². The largest absolute Gasteiger partial charge is 0.435 e. The molecular formula is C25H26F6N6O2. The number of hydrogen-bond donors (Lipinski definition) is 2. The van der Waals surface area contributed by atoms with Gasteiger partial charge in [-0.05, 0) is 38.5 Å². The Kier molecular flexibility index (Phi) is 7.13. The van der Waals surface area contributed by atoms with E-state index in [1.54, 1.807) is 18.7 Å². The Bertz CT molecular complexity index is 1360. The summed E-state index contributed by atoms with van der Waals surface area (Å²) in [6, 6.07) is 5.27. The third kappa shape index (κ3) is 6.32. The molecular weight excluding hydrogens is 530 g/mol. The lowest BCUT2D eigenvalue weighted by molar-refractivity contribution is -0.142. The molecule has 39 heavy (non-hydrogen) atoms. The molecule has 0 saturated carbocycles. The predicted molar refractivity (Wildman–Crippen MR) is 130 cm³/mol. The zero-order valence-corrected chi connectivity index (χ0v) is 21.2. The van der Waals surface area contributed by atoms with E-state index < -0.39 is 47.2 Å². The first-order valence-corrected chi connectivity index (χ1v) is 11.9. The van der Waals surface area contributed by atoms with Crippen LogP contribution in [0.1, 0.15) is 43.4 Å². The minimum Gasteiger partial charge on any atom is -0.390 e. The summed E-state index contributed by atoms with van der Waals surface area (Å²) < 4.78 is 79.8. The fraction of sp³-hybridized carbons (Fsp3) is 0.440. The summed E-state index contributed by atoms with van der Waals surface area (Å²) >= 11 is 0. The summed E-state index contributed by atoms with van der Waals surface area (Å²) in [5.74, 6) is -0.966. The molecule has 210 valence electrons. The van der Waals surface area contributed by atoms with E-state index in [9.17, 15) is 36.2 Å². The van der Waals surface area contributed by atoms with Gasteiger partial charge in [0.1, 0.15) is 12.2 Å². The second kappa shape index (κ2) is 9.81. The summed E-state index contributed by atoms with van der Waals surface area (Å²) in [7, 11) is 0. The molecule has 0 spiro atoms. The highest BCUT2D eigenvalue weighted by molar-refractivity contribution is 6.03. The van der Waals surface area contributed by atoms with Crippen molar-refractivity contribution in [2.45, 2.75) is 51.7 Å². The summed E-state index contributed by atoms with van der Waals surface area (Å²) in [6.07, 6.45) is -5.44. The maximum Gasteiger partial charge on any atom is 0.435 e. The van der Waals surface area contributed by atoms with Gasteiger partial charge in [0.05, 0.1) is 35.1 Å². The van der Waals surface area contributed by atoms with E-state index in [1.165, 1.54) is 24.3 Å². The number of aliphatic hydroxyl groups is 1. The minimum absolute atomic E-state index is 0.113. The van der Waals surface area contributed by atoms with Gasteiger partial charge in [0, 0.05) is 30.3 Å². The SMILES string of the molecule is CC(C)(O)C1(C)CCN(c2cnc(C(F)(F)F)c(NC(=O)c3cccc(-c4cnn(CC(F)(F)F)c4)n3)c2)C1. The molecule has 4 heterocycles. The molecule has 0 radical (unpaired) electrons. The van der Waals surface area contributed by atoms with E-state index >= 15 is 0 Å². The number of aromatic nitrogens is 4. The van der Waals surface area contributed by atoms with Crippen molar-refractivity contribution >= 4 is 17.3 Å². The van der Waals surface area contributed by atoms with E-state index in [0.717, 1.165) is 18.6 Å². The molecule has 1 amide bonds. The first-order chi connectivity index (χ1) is 18.0. The molecule has 3 aromatic heterocycles. The number of amides is 1. The highest BCUT2D eigenvalue weighted by Gasteiger charge is 2.45. The molecule has 4 rings (SSSR count). The van der Waals surface area contributed by atoms with Crippen LogP contribution in [0.15, 0.2) is 42.9 Å². The van der Waals surface area contributed by atoms with Crippen LogP contribution in [0, 0.1) is 5.41 Å². The van der Waals surface area contributed by atoms with Gasteiger partial charge in [-0.1, -0.05) is 13.0 Å². The first-order valence-electron chi connectivity index (χ1n) is 11.9. The van der Waals surface area contributed by atoms with Gasteiger partial charge in [0.2, 0.25) is 0 Å². The van der Waals surface area contributed by atoms with Gasteiger partial charge in [-0.3, -0.25) is 9.48 Å². The van der Waals surface area contributed by atoms with Gasteiger partial charge in [0.15, 0.2) is 5.69 Å².